The molecule has 1 fully saturated rings. The molecule has 4 N–H and O–H groups in total. The molecule has 2 aromatic rings. The molecule has 9 heteroatoms. The number of anilines is 1. The van der Waals surface area contributed by atoms with Crippen LogP contribution in [0.3, 0.4) is 0 Å². The highest BCUT2D eigenvalue weighted by Crippen LogP contribution is 2.28. The average Bonchev–Trinajstić information content (AvgIpc) is 3.08. The summed E-state index contributed by atoms with van der Waals surface area (Å²) in [6.45, 7) is 0. The zero-order valence-corrected chi connectivity index (χ0v) is 16.2. The molecule has 1 unspecified atom stereocenters. The Bertz CT molecular complexity index is 1100. The van der Waals surface area contributed by atoms with E-state index in [1.807, 2.05) is 0 Å². The molecule has 1 saturated carbocycles. The van der Waals surface area contributed by atoms with Gasteiger partial charge in [-0.25, -0.2) is 13.4 Å². The summed E-state index contributed by atoms with van der Waals surface area (Å²) in [6.07, 6.45) is 5.25. The number of nitrogens with one attached hydrogen (secondary N) is 2. The van der Waals surface area contributed by atoms with Gasteiger partial charge in [0, 0.05) is 18.5 Å². The van der Waals surface area contributed by atoms with Crippen molar-refractivity contribution in [2.24, 2.45) is 16.6 Å². The van der Waals surface area contributed by atoms with Gasteiger partial charge in [0.1, 0.15) is 11.4 Å². The maximum absolute atomic E-state index is 12.4. The van der Waals surface area contributed by atoms with Crippen LogP contribution in [-0.4, -0.2) is 31.5 Å². The second kappa shape index (κ2) is 7.86. The van der Waals surface area contributed by atoms with Crippen molar-refractivity contribution in [1.29, 1.82) is 5.26 Å². The Kier molecular flexibility index (Phi) is 5.51. The number of sulfone groups is 1. The number of nitrogens with zero attached hydrogens (tertiary/aromatic N) is 2. The molecule has 0 spiro atoms. The largest absolute Gasteiger partial charge is 0.383 e. The van der Waals surface area contributed by atoms with E-state index in [9.17, 15) is 18.5 Å². The molecule has 2 atom stereocenters. The summed E-state index contributed by atoms with van der Waals surface area (Å²) in [6, 6.07) is 9.86. The smallest absolute Gasteiger partial charge is 0.261 e. The number of pyridine rings is 1. The van der Waals surface area contributed by atoms with E-state index in [2.05, 4.69) is 21.4 Å². The first-order valence-electron chi connectivity index (χ1n) is 8.82. The van der Waals surface area contributed by atoms with Crippen LogP contribution in [-0.2, 0) is 9.84 Å². The lowest BCUT2D eigenvalue weighted by molar-refractivity contribution is 0.602. The van der Waals surface area contributed by atoms with Gasteiger partial charge in [-0.2, -0.15) is 5.26 Å². The highest BCUT2D eigenvalue weighted by Gasteiger charge is 2.28. The number of nitrogens with two attached hydrogens (primary N) is 1. The van der Waals surface area contributed by atoms with Crippen molar-refractivity contribution in [2.45, 2.75) is 30.2 Å². The molecular formula is C19H21N5O3S. The van der Waals surface area contributed by atoms with E-state index in [4.69, 9.17) is 5.73 Å². The van der Waals surface area contributed by atoms with E-state index in [-0.39, 0.29) is 28.3 Å². The van der Waals surface area contributed by atoms with Crippen LogP contribution < -0.4 is 16.6 Å². The summed E-state index contributed by atoms with van der Waals surface area (Å²) >= 11 is 0. The normalized spacial score (nSPS) is 19.9. The minimum atomic E-state index is -3.31. The predicted molar refractivity (Wildman–Crippen MR) is 107 cm³/mol. The standard InChI is InChI=1S/C19H21N5O3S/c1-28(26,27)14-7-5-13(6-8-14)23-18(21)17-16(9-10-22-19(17)25)24-15-4-2-3-12(15)11-20/h5-10,12,15H,2-4H2,1H3,(H2,21,23)(H2,22,24,25)/t12-,15?/m0/s1. The monoisotopic (exact) mass is 399 g/mol. The second-order valence-corrected chi connectivity index (χ2v) is 8.79. The van der Waals surface area contributed by atoms with E-state index in [1.54, 1.807) is 6.07 Å². The second-order valence-electron chi connectivity index (χ2n) is 6.78. The van der Waals surface area contributed by atoms with Crippen LogP contribution in [0.1, 0.15) is 24.8 Å². The minimum Gasteiger partial charge on any atom is -0.383 e. The van der Waals surface area contributed by atoms with Crippen molar-refractivity contribution in [3.8, 4) is 6.07 Å². The third-order valence-corrected chi connectivity index (χ3v) is 5.88. The summed E-state index contributed by atoms with van der Waals surface area (Å²) in [4.78, 5) is 19.4. The third kappa shape index (κ3) is 4.23. The molecular weight excluding hydrogens is 378 g/mol. The molecule has 1 aliphatic carbocycles. The van der Waals surface area contributed by atoms with Gasteiger partial charge in [-0.15, -0.1) is 0 Å². The van der Waals surface area contributed by atoms with Crippen LogP contribution in [0.4, 0.5) is 11.4 Å². The van der Waals surface area contributed by atoms with E-state index >= 15 is 0 Å². The molecule has 1 aromatic carbocycles. The van der Waals surface area contributed by atoms with Crippen LogP contribution in [0.5, 0.6) is 0 Å². The fraction of sp³-hybridized carbons (Fsp3) is 0.316. The molecule has 1 heterocycles. The molecule has 1 aromatic heterocycles. The van der Waals surface area contributed by atoms with Crippen molar-refractivity contribution in [2.75, 3.05) is 11.6 Å². The quantitative estimate of drug-likeness (QED) is 0.518. The van der Waals surface area contributed by atoms with Crippen molar-refractivity contribution in [1.82, 2.24) is 4.98 Å². The Labute approximate surface area is 163 Å². The molecule has 0 bridgehead atoms. The van der Waals surface area contributed by atoms with Crippen molar-refractivity contribution < 1.29 is 8.42 Å². The molecule has 28 heavy (non-hydrogen) atoms. The lowest BCUT2D eigenvalue weighted by Gasteiger charge is -2.19. The van der Waals surface area contributed by atoms with E-state index in [1.165, 1.54) is 30.5 Å². The fourth-order valence-electron chi connectivity index (χ4n) is 3.30. The SMILES string of the molecule is CS(=O)(=O)c1ccc(N=C(N)c2c(NC3CCC[C@H]3C#N)cc[nH]c2=O)cc1. The number of aromatic nitrogens is 1. The third-order valence-electron chi connectivity index (χ3n) is 4.75. The van der Waals surface area contributed by atoms with Crippen LogP contribution >= 0.6 is 0 Å². The first-order valence-corrected chi connectivity index (χ1v) is 10.7. The van der Waals surface area contributed by atoms with Crippen LogP contribution in [0.15, 0.2) is 51.2 Å². The van der Waals surface area contributed by atoms with E-state index in [0.29, 0.717) is 11.4 Å². The summed E-state index contributed by atoms with van der Waals surface area (Å²) in [5.41, 5.74) is 6.84. The van der Waals surface area contributed by atoms with Crippen LogP contribution in [0, 0.1) is 17.2 Å². The topological polar surface area (TPSA) is 141 Å². The van der Waals surface area contributed by atoms with Gasteiger partial charge in [-0.3, -0.25) is 4.79 Å². The highest BCUT2D eigenvalue weighted by molar-refractivity contribution is 7.90. The zero-order valence-electron chi connectivity index (χ0n) is 15.3. The van der Waals surface area contributed by atoms with Gasteiger partial charge in [0.05, 0.1) is 28.3 Å². The average molecular weight is 399 g/mol. The van der Waals surface area contributed by atoms with Gasteiger partial charge in [0.15, 0.2) is 9.84 Å². The molecule has 0 amide bonds. The molecule has 1 aliphatic rings. The van der Waals surface area contributed by atoms with Crippen molar-refractivity contribution in [3.63, 3.8) is 0 Å². The zero-order chi connectivity index (χ0) is 20.3. The van der Waals surface area contributed by atoms with Crippen LogP contribution in [0.25, 0.3) is 0 Å². The van der Waals surface area contributed by atoms with Gasteiger partial charge < -0.3 is 16.0 Å². The number of hydrogen-bond donors (Lipinski definition) is 3. The Balaban J connectivity index is 1.93. The van der Waals surface area contributed by atoms with Gasteiger partial charge >= 0.3 is 0 Å². The van der Waals surface area contributed by atoms with Gasteiger partial charge in [-0.1, -0.05) is 0 Å². The van der Waals surface area contributed by atoms with E-state index < -0.39 is 15.4 Å². The molecule has 3 rings (SSSR count). The molecule has 0 saturated heterocycles. The van der Waals surface area contributed by atoms with Gasteiger partial charge in [-0.05, 0) is 49.6 Å². The van der Waals surface area contributed by atoms with Crippen LogP contribution in [0.2, 0.25) is 0 Å². The summed E-state index contributed by atoms with van der Waals surface area (Å²) in [5.74, 6) is -0.114. The Morgan fingerprint density at radius 1 is 1.29 bits per heavy atom. The Morgan fingerprint density at radius 2 is 2.00 bits per heavy atom. The fourth-order valence-corrected chi connectivity index (χ4v) is 3.93. The van der Waals surface area contributed by atoms with Gasteiger partial charge in [0.2, 0.25) is 0 Å². The number of H-pyrrole nitrogens is 1. The summed E-state index contributed by atoms with van der Waals surface area (Å²) in [7, 11) is -3.31. The van der Waals surface area contributed by atoms with Crippen molar-refractivity contribution >= 4 is 27.0 Å². The number of aliphatic imine (C=N–C) groups is 1. The molecule has 0 radical (unpaired) electrons. The highest BCUT2D eigenvalue weighted by atomic mass is 32.2. The Morgan fingerprint density at radius 3 is 2.64 bits per heavy atom. The number of amidine groups is 1. The minimum absolute atomic E-state index is 0.00274. The van der Waals surface area contributed by atoms with Crippen molar-refractivity contribution in [3.05, 3.63) is 52.4 Å². The molecule has 8 nitrogen and oxygen atoms in total. The van der Waals surface area contributed by atoms with Gasteiger partial charge in [0.25, 0.3) is 5.56 Å². The maximum atomic E-state index is 12.4. The summed E-state index contributed by atoms with van der Waals surface area (Å²) < 4.78 is 23.1. The Hall–Kier alpha value is -3.12. The number of nitriles is 1. The number of benzene rings is 1. The predicted octanol–water partition coefficient (Wildman–Crippen LogP) is 1.92. The lowest BCUT2D eigenvalue weighted by Crippen LogP contribution is -2.30. The molecule has 146 valence electrons. The first-order chi connectivity index (χ1) is 13.3. The molecule has 0 aliphatic heterocycles. The lowest BCUT2D eigenvalue weighted by atomic mass is 10.0. The first kappa shape index (κ1) is 19.6. The summed E-state index contributed by atoms with van der Waals surface area (Å²) in [5, 5.41) is 12.5. The number of rotatable bonds is 5. The maximum Gasteiger partial charge on any atom is 0.261 e. The number of hydrogen-bond acceptors (Lipinski definition) is 6. The van der Waals surface area contributed by atoms with E-state index in [0.717, 1.165) is 25.5 Å². The number of aromatic amines is 1.